The maximum Gasteiger partial charge on any atom is 0.252 e. The molecule has 0 saturated carbocycles. The lowest BCUT2D eigenvalue weighted by Crippen LogP contribution is -2.66. The normalized spacial score (nSPS) is 14.2. The quantitative estimate of drug-likeness (QED) is 0.189. The molecular weight excluding hydrogens is 592 g/mol. The van der Waals surface area contributed by atoms with E-state index in [9.17, 15) is 0 Å². The van der Waals surface area contributed by atoms with Gasteiger partial charge < -0.3 is 13.7 Å². The Morgan fingerprint density at radius 3 is 1.08 bits per heavy atom. The van der Waals surface area contributed by atoms with E-state index in [0.29, 0.717) is 0 Å². The lowest BCUT2D eigenvalue weighted by atomic mass is 9.30. The lowest BCUT2D eigenvalue weighted by molar-refractivity contribution is 1.11. The van der Waals surface area contributed by atoms with Gasteiger partial charge in [-0.3, -0.25) is 0 Å². The van der Waals surface area contributed by atoms with Gasteiger partial charge in [-0.05, 0) is 63.8 Å². The van der Waals surface area contributed by atoms with Crippen molar-refractivity contribution in [3.05, 3.63) is 126 Å². The van der Waals surface area contributed by atoms with Gasteiger partial charge in [0, 0.05) is 71.4 Å². The number of fused-ring (bicyclic) bond motifs is 13. The number of hydrogen-bond donors (Lipinski definition) is 0. The van der Waals surface area contributed by atoms with Crippen LogP contribution in [-0.2, 0) is 0 Å². The van der Waals surface area contributed by atoms with Gasteiger partial charge in [0.25, 0.3) is 13.4 Å². The maximum absolute atomic E-state index is 2.70. The molecule has 0 radical (unpaired) electrons. The van der Waals surface area contributed by atoms with Crippen molar-refractivity contribution in [2.75, 3.05) is 0 Å². The van der Waals surface area contributed by atoms with Gasteiger partial charge in [-0.15, -0.1) is 0 Å². The van der Waals surface area contributed by atoms with Crippen LogP contribution in [-0.4, -0.2) is 27.1 Å². The molecule has 7 heterocycles. The van der Waals surface area contributed by atoms with Crippen molar-refractivity contribution >= 4 is 112 Å². The molecule has 49 heavy (non-hydrogen) atoms. The second kappa shape index (κ2) is 7.53. The highest BCUT2D eigenvalue weighted by molar-refractivity contribution is 7.04. The third-order valence-electron chi connectivity index (χ3n) is 12.8. The molecule has 0 unspecified atom stereocenters. The van der Waals surface area contributed by atoms with Crippen LogP contribution in [0.2, 0.25) is 0 Å². The summed E-state index contributed by atoms with van der Waals surface area (Å²) in [4.78, 5) is 0. The Kier molecular flexibility index (Phi) is 3.73. The summed E-state index contributed by atoms with van der Waals surface area (Å²) in [5.41, 5.74) is 23.5. The molecule has 0 saturated heterocycles. The molecule has 222 valence electrons. The monoisotopic (exact) mass is 617 g/mol. The second-order valence-corrected chi connectivity index (χ2v) is 14.9. The molecule has 4 aliphatic rings. The van der Waals surface area contributed by atoms with Crippen molar-refractivity contribution in [3.63, 3.8) is 0 Å². The average molecular weight is 617 g/mol. The smallest absolute Gasteiger partial charge is 0.252 e. The van der Waals surface area contributed by atoms with Crippen LogP contribution in [0.15, 0.2) is 115 Å². The fraction of sp³-hybridized carbons (Fsp3) is 0.0455. The summed E-state index contributed by atoms with van der Waals surface area (Å²) >= 11 is 0. The van der Waals surface area contributed by atoms with Gasteiger partial charge in [-0.1, -0.05) is 109 Å². The topological polar surface area (TPSA) is 14.8 Å². The van der Waals surface area contributed by atoms with Crippen LogP contribution in [0.4, 0.5) is 0 Å². The molecule has 0 amide bonds. The van der Waals surface area contributed by atoms with Crippen molar-refractivity contribution in [3.8, 4) is 17.1 Å². The van der Waals surface area contributed by atoms with E-state index >= 15 is 0 Å². The fourth-order valence-corrected chi connectivity index (χ4v) is 11.2. The van der Waals surface area contributed by atoms with Gasteiger partial charge in [0.15, 0.2) is 0 Å². The first-order valence-electron chi connectivity index (χ1n) is 17.5. The zero-order valence-corrected chi connectivity index (χ0v) is 27.0. The molecule has 5 heteroatoms. The largest absolute Gasteiger partial charge is 0.311 e. The molecular formula is C44H25B2N3. The Morgan fingerprint density at radius 1 is 0.367 bits per heavy atom. The van der Waals surface area contributed by atoms with Crippen LogP contribution < -0.4 is 32.8 Å². The summed E-state index contributed by atoms with van der Waals surface area (Å²) < 4.78 is 8.00. The predicted molar refractivity (Wildman–Crippen MR) is 208 cm³/mol. The summed E-state index contributed by atoms with van der Waals surface area (Å²) in [6, 6.07) is 44.5. The van der Waals surface area contributed by atoms with Crippen LogP contribution in [0, 0.1) is 13.8 Å². The molecule has 0 atom stereocenters. The zero-order valence-electron chi connectivity index (χ0n) is 27.0. The van der Waals surface area contributed by atoms with Crippen LogP contribution >= 0.6 is 0 Å². The highest BCUT2D eigenvalue weighted by Crippen LogP contribution is 2.43. The van der Waals surface area contributed by atoms with Crippen LogP contribution in [0.5, 0.6) is 0 Å². The van der Waals surface area contributed by atoms with Gasteiger partial charge in [-0.2, -0.15) is 0 Å². The van der Waals surface area contributed by atoms with E-state index in [4.69, 9.17) is 0 Å². The number of para-hydroxylation sites is 6. The summed E-state index contributed by atoms with van der Waals surface area (Å²) in [6.07, 6.45) is 0. The molecule has 14 rings (SSSR count). The lowest BCUT2D eigenvalue weighted by Gasteiger charge is -2.41. The molecule has 7 aromatic carbocycles. The number of aromatic nitrogens is 3. The summed E-state index contributed by atoms with van der Waals surface area (Å²) in [5, 5.41) is 8.11. The third kappa shape index (κ3) is 2.34. The predicted octanol–water partition coefficient (Wildman–Crippen LogP) is 5.88. The number of rotatable bonds is 0. The minimum absolute atomic E-state index is 0.152. The molecule has 10 aromatic rings. The molecule has 4 aliphatic heterocycles. The van der Waals surface area contributed by atoms with Crippen molar-refractivity contribution in [1.29, 1.82) is 0 Å². The number of hydrogen-bond acceptors (Lipinski definition) is 0. The molecule has 3 aromatic heterocycles. The van der Waals surface area contributed by atoms with E-state index in [1.54, 1.807) is 0 Å². The average Bonchev–Trinajstić information content (AvgIpc) is 3.78. The first-order chi connectivity index (χ1) is 24.2. The van der Waals surface area contributed by atoms with E-state index in [1.807, 2.05) is 0 Å². The maximum atomic E-state index is 2.70. The fourth-order valence-electron chi connectivity index (χ4n) is 11.2. The second-order valence-electron chi connectivity index (χ2n) is 14.9. The first kappa shape index (κ1) is 24.2. The van der Waals surface area contributed by atoms with E-state index in [0.717, 1.165) is 0 Å². The summed E-state index contributed by atoms with van der Waals surface area (Å²) in [7, 11) is 0. The summed E-state index contributed by atoms with van der Waals surface area (Å²) in [6.45, 7) is 4.87. The molecule has 0 spiro atoms. The van der Waals surface area contributed by atoms with Crippen LogP contribution in [0.1, 0.15) is 11.1 Å². The Bertz CT molecular complexity index is 3100. The minimum Gasteiger partial charge on any atom is -0.311 e. The van der Waals surface area contributed by atoms with Gasteiger partial charge in [0.2, 0.25) is 0 Å². The van der Waals surface area contributed by atoms with Crippen molar-refractivity contribution in [2.24, 2.45) is 0 Å². The molecule has 0 aliphatic carbocycles. The van der Waals surface area contributed by atoms with Crippen LogP contribution in [0.3, 0.4) is 0 Å². The van der Waals surface area contributed by atoms with Crippen molar-refractivity contribution in [2.45, 2.75) is 13.8 Å². The van der Waals surface area contributed by atoms with Crippen molar-refractivity contribution in [1.82, 2.24) is 13.7 Å². The van der Waals surface area contributed by atoms with E-state index in [2.05, 4.69) is 143 Å². The van der Waals surface area contributed by atoms with E-state index < -0.39 is 0 Å². The van der Waals surface area contributed by atoms with Gasteiger partial charge in [0.1, 0.15) is 0 Å². The molecule has 0 bridgehead atoms. The number of aryl methyl sites for hydroxylation is 2. The Morgan fingerprint density at radius 2 is 0.694 bits per heavy atom. The minimum atomic E-state index is 0.152. The number of benzene rings is 7. The number of nitrogens with zero attached hydrogens (tertiary/aromatic N) is 3. The van der Waals surface area contributed by atoms with Gasteiger partial charge >= 0.3 is 0 Å². The highest BCUT2D eigenvalue weighted by Gasteiger charge is 2.48. The van der Waals surface area contributed by atoms with Gasteiger partial charge in [-0.25, -0.2) is 0 Å². The highest BCUT2D eigenvalue weighted by atomic mass is 15.1. The molecule has 0 N–H and O–H groups in total. The summed E-state index contributed by atoms with van der Waals surface area (Å²) in [5.74, 6) is 0. The van der Waals surface area contributed by atoms with E-state index in [-0.39, 0.29) is 13.4 Å². The van der Waals surface area contributed by atoms with Crippen molar-refractivity contribution < 1.29 is 0 Å². The Hall–Kier alpha value is -5.93. The molecule has 3 nitrogen and oxygen atoms in total. The first-order valence-corrected chi connectivity index (χ1v) is 17.5. The Labute approximate surface area is 281 Å². The third-order valence-corrected chi connectivity index (χ3v) is 12.8. The standard InChI is InChI=1S/C44H25B2N3/c1-22-9-3-11-24-26-13-5-17-30-40(26)47(38(22)24)34-21-35-37-44-36(34)45(30)32-19-7-15-28-29-16-8-20-33(43(29)49(44)42(28)32)46(37)31-18-6-14-27-25-12-4-10-23(2)39(25)48(35)41(27)31/h3-21H,1-2H3. The van der Waals surface area contributed by atoms with E-state index in [1.165, 1.54) is 126 Å². The zero-order chi connectivity index (χ0) is 31.6. The SMILES string of the molecule is Cc1cccc2c3cccc4c3n(c12)-c1cc2c3c5c1B4c1cccc4c6cccc(c6n-5c14)B3c1cccc3c4cccc(C)c4n-2c13. The Balaban J connectivity index is 1.33. The van der Waals surface area contributed by atoms with Gasteiger partial charge in [0.05, 0.1) is 11.0 Å². The van der Waals surface area contributed by atoms with Crippen LogP contribution in [0.25, 0.3) is 82.5 Å². The molecule has 0 fully saturated rings.